The van der Waals surface area contributed by atoms with E-state index < -0.39 is 0 Å². The van der Waals surface area contributed by atoms with Crippen molar-refractivity contribution in [2.24, 2.45) is 0 Å². The summed E-state index contributed by atoms with van der Waals surface area (Å²) < 4.78 is 0. The molecule has 1 aliphatic rings. The number of nitrogens with one attached hydrogen (secondary N) is 1. The zero-order chi connectivity index (χ0) is 19.6. The van der Waals surface area contributed by atoms with Gasteiger partial charge in [0.15, 0.2) is 0 Å². The van der Waals surface area contributed by atoms with Crippen molar-refractivity contribution in [1.82, 2.24) is 10.2 Å². The molecule has 1 aliphatic heterocycles. The summed E-state index contributed by atoms with van der Waals surface area (Å²) in [7, 11) is 0. The molecule has 0 aromatic heterocycles. The summed E-state index contributed by atoms with van der Waals surface area (Å²) in [6.45, 7) is 2.03. The van der Waals surface area contributed by atoms with Crippen molar-refractivity contribution in [3.05, 3.63) is 69.2 Å². The van der Waals surface area contributed by atoms with Crippen LogP contribution >= 0.6 is 23.2 Å². The number of fused-ring (bicyclic) bond motifs is 1. The van der Waals surface area contributed by atoms with Crippen LogP contribution in [0.1, 0.15) is 52.1 Å². The number of hydrogen-bond donors (Lipinski definition) is 1. The molecular weight excluding hydrogens is 387 g/mol. The summed E-state index contributed by atoms with van der Waals surface area (Å²) in [6, 6.07) is 11.6. The van der Waals surface area contributed by atoms with Gasteiger partial charge in [0.05, 0.1) is 17.2 Å². The van der Waals surface area contributed by atoms with Crippen LogP contribution in [-0.2, 0) is 4.79 Å². The number of nitrogens with zero attached hydrogens (tertiary/aromatic N) is 1. The van der Waals surface area contributed by atoms with Gasteiger partial charge in [0.25, 0.3) is 11.8 Å². The molecular formula is C20H18Cl2N2O3. The fourth-order valence-corrected chi connectivity index (χ4v) is 3.66. The Balaban J connectivity index is 1.52. The molecule has 1 heterocycles. The van der Waals surface area contributed by atoms with Gasteiger partial charge in [0.2, 0.25) is 5.91 Å². The Bertz CT molecular complexity index is 879. The van der Waals surface area contributed by atoms with E-state index in [9.17, 15) is 14.4 Å². The maximum Gasteiger partial charge on any atom is 0.261 e. The highest BCUT2D eigenvalue weighted by atomic mass is 35.5. The lowest BCUT2D eigenvalue weighted by molar-refractivity contribution is -0.121. The predicted molar refractivity (Wildman–Crippen MR) is 104 cm³/mol. The van der Waals surface area contributed by atoms with E-state index in [1.54, 1.807) is 42.5 Å². The monoisotopic (exact) mass is 404 g/mol. The first-order valence-corrected chi connectivity index (χ1v) is 9.33. The predicted octanol–water partition coefficient (Wildman–Crippen LogP) is 4.25. The highest BCUT2D eigenvalue weighted by molar-refractivity contribution is 6.35. The smallest absolute Gasteiger partial charge is 0.261 e. The average Bonchev–Trinajstić information content (AvgIpc) is 2.87. The van der Waals surface area contributed by atoms with Crippen LogP contribution in [0.25, 0.3) is 0 Å². The van der Waals surface area contributed by atoms with Crippen molar-refractivity contribution in [3.8, 4) is 0 Å². The van der Waals surface area contributed by atoms with E-state index in [1.807, 2.05) is 6.92 Å². The van der Waals surface area contributed by atoms with Gasteiger partial charge in [0, 0.05) is 23.0 Å². The Labute approximate surface area is 167 Å². The second-order valence-electron chi connectivity index (χ2n) is 6.37. The van der Waals surface area contributed by atoms with E-state index in [1.165, 1.54) is 4.90 Å². The molecule has 2 aromatic rings. The van der Waals surface area contributed by atoms with E-state index in [2.05, 4.69) is 5.32 Å². The van der Waals surface area contributed by atoms with Crippen LogP contribution in [0.5, 0.6) is 0 Å². The van der Waals surface area contributed by atoms with Crippen molar-refractivity contribution >= 4 is 40.9 Å². The van der Waals surface area contributed by atoms with E-state index in [-0.39, 0.29) is 36.7 Å². The first-order chi connectivity index (χ1) is 12.9. The summed E-state index contributed by atoms with van der Waals surface area (Å²) in [5.41, 5.74) is 1.60. The zero-order valence-corrected chi connectivity index (χ0v) is 16.2. The molecule has 0 radical (unpaired) electrons. The van der Waals surface area contributed by atoms with Gasteiger partial charge in [-0.05, 0) is 43.2 Å². The van der Waals surface area contributed by atoms with Crippen LogP contribution in [0.2, 0.25) is 10.0 Å². The molecule has 1 N–H and O–H groups in total. The van der Waals surface area contributed by atoms with Gasteiger partial charge in [-0.2, -0.15) is 0 Å². The third-order valence-corrected chi connectivity index (χ3v) is 5.03. The van der Waals surface area contributed by atoms with E-state index in [0.717, 1.165) is 5.56 Å². The number of carbonyl (C=O) groups excluding carboxylic acids is 3. The maximum atomic E-state index is 12.3. The summed E-state index contributed by atoms with van der Waals surface area (Å²) in [4.78, 5) is 38.0. The number of rotatable bonds is 6. The zero-order valence-electron chi connectivity index (χ0n) is 14.7. The van der Waals surface area contributed by atoms with Gasteiger partial charge in [-0.25, -0.2) is 0 Å². The number of amides is 3. The molecule has 27 heavy (non-hydrogen) atoms. The average molecular weight is 405 g/mol. The van der Waals surface area contributed by atoms with Gasteiger partial charge in [-0.1, -0.05) is 41.4 Å². The molecule has 7 heteroatoms. The minimum atomic E-state index is -0.308. The van der Waals surface area contributed by atoms with Crippen LogP contribution in [0, 0.1) is 0 Å². The molecule has 0 saturated heterocycles. The molecule has 0 bridgehead atoms. The molecule has 5 nitrogen and oxygen atoms in total. The SMILES string of the molecule is C[C@@H](NC(=O)CCCN1C(=O)c2ccccc2C1=O)c1ccc(Cl)cc1Cl. The van der Waals surface area contributed by atoms with Crippen LogP contribution in [-0.4, -0.2) is 29.2 Å². The molecule has 1 atom stereocenters. The number of imide groups is 1. The second kappa shape index (κ2) is 8.11. The van der Waals surface area contributed by atoms with E-state index in [0.29, 0.717) is 27.6 Å². The molecule has 0 saturated carbocycles. The van der Waals surface area contributed by atoms with Gasteiger partial charge in [-0.3, -0.25) is 19.3 Å². The fraction of sp³-hybridized carbons (Fsp3) is 0.250. The molecule has 0 spiro atoms. The first kappa shape index (κ1) is 19.4. The summed E-state index contributed by atoms with van der Waals surface area (Å²) in [5, 5.41) is 3.88. The lowest BCUT2D eigenvalue weighted by Crippen LogP contribution is -2.32. The molecule has 0 unspecified atom stereocenters. The molecule has 0 aliphatic carbocycles. The van der Waals surface area contributed by atoms with Gasteiger partial charge < -0.3 is 5.32 Å². The lowest BCUT2D eigenvalue weighted by Gasteiger charge is -2.17. The fourth-order valence-electron chi connectivity index (χ4n) is 3.08. The van der Waals surface area contributed by atoms with Crippen molar-refractivity contribution < 1.29 is 14.4 Å². The highest BCUT2D eigenvalue weighted by Crippen LogP contribution is 2.26. The van der Waals surface area contributed by atoms with Crippen LogP contribution in [0.3, 0.4) is 0 Å². The Hall–Kier alpha value is -2.37. The highest BCUT2D eigenvalue weighted by Gasteiger charge is 2.34. The number of hydrogen-bond acceptors (Lipinski definition) is 3. The van der Waals surface area contributed by atoms with Crippen molar-refractivity contribution in [2.45, 2.75) is 25.8 Å². The minimum Gasteiger partial charge on any atom is -0.350 e. The third-order valence-electron chi connectivity index (χ3n) is 4.47. The topological polar surface area (TPSA) is 66.5 Å². The molecule has 3 amide bonds. The molecule has 2 aromatic carbocycles. The van der Waals surface area contributed by atoms with E-state index >= 15 is 0 Å². The molecule has 140 valence electrons. The summed E-state index contributed by atoms with van der Waals surface area (Å²) >= 11 is 12.0. The number of benzene rings is 2. The quantitative estimate of drug-likeness (QED) is 0.731. The third kappa shape index (κ3) is 4.15. The number of carbonyl (C=O) groups is 3. The normalized spacial score (nSPS) is 14.3. The Morgan fingerprint density at radius 2 is 1.70 bits per heavy atom. The van der Waals surface area contributed by atoms with Crippen LogP contribution < -0.4 is 5.32 Å². The van der Waals surface area contributed by atoms with Crippen LogP contribution in [0.4, 0.5) is 0 Å². The van der Waals surface area contributed by atoms with E-state index in [4.69, 9.17) is 23.2 Å². The van der Waals surface area contributed by atoms with Crippen molar-refractivity contribution in [1.29, 1.82) is 0 Å². The van der Waals surface area contributed by atoms with Crippen molar-refractivity contribution in [2.75, 3.05) is 6.54 Å². The molecule has 0 fully saturated rings. The second-order valence-corrected chi connectivity index (χ2v) is 7.21. The minimum absolute atomic E-state index is 0.176. The van der Waals surface area contributed by atoms with Crippen molar-refractivity contribution in [3.63, 3.8) is 0 Å². The summed E-state index contributed by atoms with van der Waals surface area (Å²) in [6.07, 6.45) is 0.585. The molecule has 3 rings (SSSR count). The Morgan fingerprint density at radius 1 is 1.07 bits per heavy atom. The van der Waals surface area contributed by atoms with Gasteiger partial charge >= 0.3 is 0 Å². The Kier molecular flexibility index (Phi) is 5.82. The Morgan fingerprint density at radius 3 is 2.30 bits per heavy atom. The standard InChI is InChI=1S/C20H18Cl2N2O3/c1-12(14-9-8-13(21)11-17(14)22)23-18(25)7-4-10-24-19(26)15-5-2-3-6-16(15)20(24)27/h2-3,5-6,8-9,11-12H,4,7,10H2,1H3,(H,23,25)/t12-/m1/s1. The lowest BCUT2D eigenvalue weighted by atomic mass is 10.1. The van der Waals surface area contributed by atoms with Gasteiger partial charge in [0.1, 0.15) is 0 Å². The number of halogens is 2. The van der Waals surface area contributed by atoms with Crippen LogP contribution in [0.15, 0.2) is 42.5 Å². The first-order valence-electron chi connectivity index (χ1n) is 8.58. The maximum absolute atomic E-state index is 12.3. The van der Waals surface area contributed by atoms with Gasteiger partial charge in [-0.15, -0.1) is 0 Å². The summed E-state index contributed by atoms with van der Waals surface area (Å²) in [5.74, 6) is -0.792. The largest absolute Gasteiger partial charge is 0.350 e.